The Morgan fingerprint density at radius 2 is 1.76 bits per heavy atom. The molecule has 0 amide bonds. The number of fused-ring (bicyclic) bond motifs is 1. The van der Waals surface area contributed by atoms with Crippen molar-refractivity contribution in [2.75, 3.05) is 7.11 Å². The maximum absolute atomic E-state index is 13.0. The van der Waals surface area contributed by atoms with Crippen molar-refractivity contribution in [1.29, 1.82) is 5.26 Å². The number of benzene rings is 3. The molecule has 4 aromatic rings. The van der Waals surface area contributed by atoms with Crippen molar-refractivity contribution in [2.45, 2.75) is 25.4 Å². The number of methoxy groups -OCH3 is 1. The number of hydrogen-bond donors (Lipinski definition) is 0. The van der Waals surface area contributed by atoms with Gasteiger partial charge in [-0.1, -0.05) is 49.4 Å². The van der Waals surface area contributed by atoms with Gasteiger partial charge in [-0.05, 0) is 42.8 Å². The molecule has 6 heteroatoms. The molecule has 0 fully saturated rings. The number of nitrogens with zero attached hydrogens (tertiary/aromatic N) is 1. The van der Waals surface area contributed by atoms with Gasteiger partial charge in [0.1, 0.15) is 29.2 Å². The highest BCUT2D eigenvalue weighted by Crippen LogP contribution is 2.34. The highest BCUT2D eigenvalue weighted by molar-refractivity contribution is 5.86. The zero-order valence-corrected chi connectivity index (χ0v) is 18.4. The molecule has 6 nitrogen and oxygen atoms in total. The number of rotatable bonds is 8. The third-order valence-electron chi connectivity index (χ3n) is 5.27. The fourth-order valence-corrected chi connectivity index (χ4v) is 3.61. The molecule has 1 aromatic heterocycles. The molecule has 1 heterocycles. The van der Waals surface area contributed by atoms with E-state index in [4.69, 9.17) is 18.6 Å². The minimum Gasteiger partial charge on any atom is -0.493 e. The van der Waals surface area contributed by atoms with Crippen LogP contribution in [0.5, 0.6) is 17.2 Å². The summed E-state index contributed by atoms with van der Waals surface area (Å²) in [6.07, 6.45) is -0.624. The summed E-state index contributed by atoms with van der Waals surface area (Å²) in [7, 11) is 1.57. The molecule has 33 heavy (non-hydrogen) atoms. The molecule has 0 saturated carbocycles. The lowest BCUT2D eigenvalue weighted by Gasteiger charge is -2.16. The van der Waals surface area contributed by atoms with E-state index < -0.39 is 18.0 Å². The van der Waals surface area contributed by atoms with Crippen LogP contribution in [0.3, 0.4) is 0 Å². The lowest BCUT2D eigenvalue weighted by atomic mass is 10.0. The zero-order valence-electron chi connectivity index (χ0n) is 18.4. The van der Waals surface area contributed by atoms with Crippen LogP contribution in [0.25, 0.3) is 11.0 Å². The lowest BCUT2D eigenvalue weighted by molar-refractivity contribution is -0.149. The number of esters is 1. The summed E-state index contributed by atoms with van der Waals surface area (Å²) >= 11 is 0. The summed E-state index contributed by atoms with van der Waals surface area (Å²) in [6.45, 7) is 1.87. The number of carbonyl (C=O) groups is 1. The number of nitriles is 1. The van der Waals surface area contributed by atoms with Gasteiger partial charge in [0, 0.05) is 10.9 Å². The molecule has 0 aliphatic carbocycles. The molecule has 2 unspecified atom stereocenters. The predicted molar refractivity (Wildman–Crippen MR) is 123 cm³/mol. The topological polar surface area (TPSA) is 81.7 Å². The van der Waals surface area contributed by atoms with Crippen molar-refractivity contribution in [3.63, 3.8) is 0 Å². The molecule has 0 saturated heterocycles. The SMILES string of the molecule is CCC(C(=O)OC(C#N)c1cccc(Oc2ccccc2)c1)c1cc2cccc(OC)c2o1. The third kappa shape index (κ3) is 4.83. The van der Waals surface area contributed by atoms with E-state index in [2.05, 4.69) is 6.07 Å². The smallest absolute Gasteiger partial charge is 0.318 e. The Kier molecular flexibility index (Phi) is 6.61. The Hall–Kier alpha value is -4.24. The Labute approximate surface area is 191 Å². The molecule has 0 aliphatic rings. The molecule has 0 N–H and O–H groups in total. The third-order valence-corrected chi connectivity index (χ3v) is 5.27. The van der Waals surface area contributed by atoms with E-state index in [9.17, 15) is 10.1 Å². The second kappa shape index (κ2) is 9.92. The summed E-state index contributed by atoms with van der Waals surface area (Å²) in [4.78, 5) is 13.0. The first-order valence-corrected chi connectivity index (χ1v) is 10.6. The van der Waals surface area contributed by atoms with E-state index in [0.29, 0.717) is 40.6 Å². The first-order valence-electron chi connectivity index (χ1n) is 10.6. The lowest BCUT2D eigenvalue weighted by Crippen LogP contribution is -2.17. The van der Waals surface area contributed by atoms with Crippen molar-refractivity contribution < 1.29 is 23.4 Å². The summed E-state index contributed by atoms with van der Waals surface area (Å²) in [6, 6.07) is 25.7. The molecular formula is C27H23NO5. The number of para-hydroxylation sites is 2. The van der Waals surface area contributed by atoms with Crippen LogP contribution >= 0.6 is 0 Å². The number of ether oxygens (including phenoxy) is 3. The Morgan fingerprint density at radius 1 is 1.00 bits per heavy atom. The van der Waals surface area contributed by atoms with Gasteiger partial charge in [0.2, 0.25) is 6.10 Å². The normalized spacial score (nSPS) is 12.5. The molecule has 0 aliphatic heterocycles. The Balaban J connectivity index is 1.54. The van der Waals surface area contributed by atoms with Crippen molar-refractivity contribution in [1.82, 2.24) is 0 Å². The van der Waals surface area contributed by atoms with Crippen LogP contribution in [-0.2, 0) is 9.53 Å². The van der Waals surface area contributed by atoms with Crippen molar-refractivity contribution in [3.05, 3.63) is 90.2 Å². The highest BCUT2D eigenvalue weighted by Gasteiger charge is 2.28. The minimum atomic E-state index is -1.08. The molecular weight excluding hydrogens is 418 g/mol. The van der Waals surface area contributed by atoms with E-state index in [-0.39, 0.29) is 0 Å². The molecule has 0 bridgehead atoms. The van der Waals surface area contributed by atoms with Gasteiger partial charge in [0.05, 0.1) is 7.11 Å². The van der Waals surface area contributed by atoms with Gasteiger partial charge in [0.25, 0.3) is 0 Å². The monoisotopic (exact) mass is 441 g/mol. The Bertz CT molecular complexity index is 1290. The largest absolute Gasteiger partial charge is 0.493 e. The van der Waals surface area contributed by atoms with Crippen LogP contribution < -0.4 is 9.47 Å². The highest BCUT2D eigenvalue weighted by atomic mass is 16.5. The summed E-state index contributed by atoms with van der Waals surface area (Å²) in [5, 5.41) is 10.5. The van der Waals surface area contributed by atoms with Crippen LogP contribution in [0.15, 0.2) is 83.3 Å². The second-order valence-electron chi connectivity index (χ2n) is 7.42. The fourth-order valence-electron chi connectivity index (χ4n) is 3.61. The molecule has 3 aromatic carbocycles. The fraction of sp³-hybridized carbons (Fsp3) is 0.185. The van der Waals surface area contributed by atoms with E-state index >= 15 is 0 Å². The van der Waals surface area contributed by atoms with Crippen molar-refractivity contribution >= 4 is 16.9 Å². The molecule has 2 atom stereocenters. The van der Waals surface area contributed by atoms with Gasteiger partial charge >= 0.3 is 5.97 Å². The van der Waals surface area contributed by atoms with Gasteiger partial charge in [-0.3, -0.25) is 4.79 Å². The van der Waals surface area contributed by atoms with Crippen LogP contribution in [-0.4, -0.2) is 13.1 Å². The predicted octanol–water partition coefficient (Wildman–Crippen LogP) is 6.54. The van der Waals surface area contributed by atoms with Gasteiger partial charge in [-0.15, -0.1) is 0 Å². The van der Waals surface area contributed by atoms with Gasteiger partial charge in [0.15, 0.2) is 11.3 Å². The number of carbonyl (C=O) groups excluding carboxylic acids is 1. The zero-order chi connectivity index (χ0) is 23.2. The molecule has 166 valence electrons. The maximum Gasteiger partial charge on any atom is 0.318 e. The molecule has 0 radical (unpaired) electrons. The van der Waals surface area contributed by atoms with E-state index in [1.54, 1.807) is 37.4 Å². The number of furan rings is 1. The van der Waals surface area contributed by atoms with Crippen molar-refractivity contribution in [3.8, 4) is 23.3 Å². The average Bonchev–Trinajstić information content (AvgIpc) is 3.27. The summed E-state index contributed by atoms with van der Waals surface area (Å²) in [5.41, 5.74) is 1.10. The first-order chi connectivity index (χ1) is 16.1. The van der Waals surface area contributed by atoms with Gasteiger partial charge in [-0.25, -0.2) is 0 Å². The maximum atomic E-state index is 13.0. The quantitative estimate of drug-likeness (QED) is 0.289. The summed E-state index contributed by atoms with van der Waals surface area (Å²) in [5.74, 6) is 1.10. The standard InChI is InChI=1S/C27H23NO5/c1-3-22(24-16-19-10-8-14-23(30-2)26(19)32-24)27(29)33-25(17-28)18-9-7-13-21(15-18)31-20-11-5-4-6-12-20/h4-16,22,25H,3H2,1-2H3. The number of hydrogen-bond acceptors (Lipinski definition) is 6. The molecule has 0 spiro atoms. The summed E-state index contributed by atoms with van der Waals surface area (Å²) < 4.78 is 22.7. The van der Waals surface area contributed by atoms with Crippen LogP contribution in [0.4, 0.5) is 0 Å². The second-order valence-corrected chi connectivity index (χ2v) is 7.42. The van der Waals surface area contributed by atoms with Crippen molar-refractivity contribution in [2.24, 2.45) is 0 Å². The Morgan fingerprint density at radius 3 is 2.48 bits per heavy atom. The van der Waals surface area contributed by atoms with Gasteiger partial charge in [-0.2, -0.15) is 5.26 Å². The first kappa shape index (κ1) is 22.0. The van der Waals surface area contributed by atoms with Crippen LogP contribution in [0.1, 0.15) is 36.7 Å². The van der Waals surface area contributed by atoms with E-state index in [1.165, 1.54) is 0 Å². The average molecular weight is 441 g/mol. The minimum absolute atomic E-state index is 0.455. The van der Waals surface area contributed by atoms with Gasteiger partial charge < -0.3 is 18.6 Å². The van der Waals surface area contributed by atoms with Crippen LogP contribution in [0, 0.1) is 11.3 Å². The molecule has 4 rings (SSSR count). The van der Waals surface area contributed by atoms with E-state index in [0.717, 1.165) is 5.39 Å². The van der Waals surface area contributed by atoms with E-state index in [1.807, 2.05) is 55.5 Å². The van der Waals surface area contributed by atoms with Crippen LogP contribution in [0.2, 0.25) is 0 Å².